The monoisotopic (exact) mass is 174 g/mol. The van der Waals surface area contributed by atoms with E-state index in [-0.39, 0.29) is 18.2 Å². The first-order valence-electron chi connectivity index (χ1n) is 3.24. The van der Waals surface area contributed by atoms with Crippen LogP contribution in [-0.2, 0) is 0 Å². The summed E-state index contributed by atoms with van der Waals surface area (Å²) in [6.45, 7) is 2.54. The van der Waals surface area contributed by atoms with E-state index in [9.17, 15) is 0 Å². The van der Waals surface area contributed by atoms with Crippen molar-refractivity contribution in [2.75, 3.05) is 6.61 Å². The van der Waals surface area contributed by atoms with Crippen molar-refractivity contribution in [3.63, 3.8) is 0 Å². The molecule has 1 aromatic carbocycles. The van der Waals surface area contributed by atoms with Crippen molar-refractivity contribution in [1.82, 2.24) is 0 Å². The fraction of sp³-hybridized carbons (Fsp3) is 0.250. The van der Waals surface area contributed by atoms with Crippen LogP contribution in [0.5, 0.6) is 11.5 Å². The number of hydrogen-bond acceptors (Lipinski definition) is 2. The molecule has 62 valence electrons. The first-order valence-corrected chi connectivity index (χ1v) is 3.24. The lowest BCUT2D eigenvalue weighted by molar-refractivity contribution is 0.337. The van der Waals surface area contributed by atoms with Gasteiger partial charge in [-0.25, -0.2) is 0 Å². The topological polar surface area (TPSA) is 29.5 Å². The van der Waals surface area contributed by atoms with E-state index in [4.69, 9.17) is 9.84 Å². The molecule has 0 aliphatic heterocycles. The number of aromatic hydroxyl groups is 1. The summed E-state index contributed by atoms with van der Waals surface area (Å²) in [6.07, 6.45) is 0. The smallest absolute Gasteiger partial charge is 0.122 e. The molecule has 0 aliphatic rings. The van der Waals surface area contributed by atoms with E-state index >= 15 is 0 Å². The number of rotatable bonds is 2. The van der Waals surface area contributed by atoms with E-state index in [1.54, 1.807) is 18.2 Å². The van der Waals surface area contributed by atoms with Gasteiger partial charge in [-0.05, 0) is 19.1 Å². The minimum absolute atomic E-state index is 0. The average Bonchev–Trinajstić information content (AvgIpc) is 1.88. The number of halogens is 1. The van der Waals surface area contributed by atoms with Crippen LogP contribution in [0.25, 0.3) is 0 Å². The van der Waals surface area contributed by atoms with E-state index < -0.39 is 0 Å². The molecule has 11 heavy (non-hydrogen) atoms. The maximum absolute atomic E-state index is 8.96. The normalized spacial score (nSPS) is 8.45. The van der Waals surface area contributed by atoms with Crippen LogP contribution in [0.4, 0.5) is 0 Å². The Morgan fingerprint density at radius 1 is 1.45 bits per heavy atom. The van der Waals surface area contributed by atoms with Gasteiger partial charge in [0, 0.05) is 6.07 Å². The van der Waals surface area contributed by atoms with E-state index in [1.807, 2.05) is 13.0 Å². The van der Waals surface area contributed by atoms with Gasteiger partial charge in [-0.2, -0.15) is 0 Å². The first-order chi connectivity index (χ1) is 4.83. The fourth-order valence-corrected chi connectivity index (χ4v) is 0.740. The third kappa shape index (κ3) is 3.14. The minimum atomic E-state index is 0. The van der Waals surface area contributed by atoms with Crippen LogP contribution >= 0.6 is 12.4 Å². The van der Waals surface area contributed by atoms with Gasteiger partial charge < -0.3 is 9.84 Å². The van der Waals surface area contributed by atoms with Gasteiger partial charge >= 0.3 is 0 Å². The van der Waals surface area contributed by atoms with Gasteiger partial charge in [0.05, 0.1) is 6.61 Å². The van der Waals surface area contributed by atoms with Crippen molar-refractivity contribution in [3.8, 4) is 11.5 Å². The maximum Gasteiger partial charge on any atom is 0.122 e. The van der Waals surface area contributed by atoms with Crippen molar-refractivity contribution < 1.29 is 9.84 Å². The maximum atomic E-state index is 8.96. The van der Waals surface area contributed by atoms with Crippen LogP contribution in [0, 0.1) is 0 Å². The van der Waals surface area contributed by atoms with Crippen molar-refractivity contribution in [2.45, 2.75) is 6.92 Å². The Morgan fingerprint density at radius 2 is 2.18 bits per heavy atom. The van der Waals surface area contributed by atoms with E-state index in [0.717, 1.165) is 0 Å². The molecule has 0 saturated carbocycles. The zero-order valence-corrected chi connectivity index (χ0v) is 7.10. The van der Waals surface area contributed by atoms with Crippen LogP contribution < -0.4 is 4.74 Å². The second-order valence-corrected chi connectivity index (χ2v) is 1.93. The Balaban J connectivity index is 0.000001000. The predicted molar refractivity (Wildman–Crippen MR) is 46.5 cm³/mol. The van der Waals surface area contributed by atoms with Crippen LogP contribution in [-0.4, -0.2) is 11.7 Å². The Bertz CT molecular complexity index is 213. The molecule has 3 heteroatoms. The Hall–Kier alpha value is -0.890. The van der Waals surface area contributed by atoms with Gasteiger partial charge in [0.25, 0.3) is 0 Å². The number of benzene rings is 1. The van der Waals surface area contributed by atoms with E-state index in [2.05, 4.69) is 0 Å². The molecule has 0 spiro atoms. The Kier molecular flexibility index (Phi) is 4.46. The standard InChI is InChI=1S/C8H10O2.ClH/c1-2-10-8-5-3-4-7(9)6-8;/h3-6,9H,2H2,1H3;1H. The molecule has 0 fully saturated rings. The third-order valence-corrected chi connectivity index (χ3v) is 1.13. The molecule has 1 N–H and O–H groups in total. The summed E-state index contributed by atoms with van der Waals surface area (Å²) < 4.78 is 5.13. The number of phenolic OH excluding ortho intramolecular Hbond substituents is 1. The summed E-state index contributed by atoms with van der Waals surface area (Å²) in [4.78, 5) is 0. The molecular weight excluding hydrogens is 164 g/mol. The molecule has 1 rings (SSSR count). The zero-order chi connectivity index (χ0) is 7.40. The van der Waals surface area contributed by atoms with Crippen LogP contribution in [0.1, 0.15) is 6.92 Å². The molecule has 2 nitrogen and oxygen atoms in total. The van der Waals surface area contributed by atoms with Gasteiger partial charge in [0.15, 0.2) is 0 Å². The SMILES string of the molecule is CCOc1cccc(O)c1.Cl. The third-order valence-electron chi connectivity index (χ3n) is 1.13. The Morgan fingerprint density at radius 3 is 2.73 bits per heavy atom. The number of phenols is 1. The number of hydrogen-bond donors (Lipinski definition) is 1. The molecule has 0 aliphatic carbocycles. The molecule has 1 aromatic rings. The molecule has 0 heterocycles. The van der Waals surface area contributed by atoms with Gasteiger partial charge in [-0.3, -0.25) is 0 Å². The van der Waals surface area contributed by atoms with Crippen LogP contribution in [0.2, 0.25) is 0 Å². The largest absolute Gasteiger partial charge is 0.508 e. The van der Waals surface area contributed by atoms with Crippen molar-refractivity contribution in [2.24, 2.45) is 0 Å². The second kappa shape index (κ2) is 4.85. The summed E-state index contributed by atoms with van der Waals surface area (Å²) in [5.41, 5.74) is 0. The predicted octanol–water partition coefficient (Wildman–Crippen LogP) is 2.21. The number of ether oxygens (including phenoxy) is 1. The van der Waals surface area contributed by atoms with E-state index in [1.165, 1.54) is 0 Å². The van der Waals surface area contributed by atoms with Crippen molar-refractivity contribution in [3.05, 3.63) is 24.3 Å². The molecule has 0 unspecified atom stereocenters. The highest BCUT2D eigenvalue weighted by molar-refractivity contribution is 5.85. The zero-order valence-electron chi connectivity index (χ0n) is 6.28. The highest BCUT2D eigenvalue weighted by Gasteiger charge is 1.90. The molecule has 0 radical (unpaired) electrons. The lowest BCUT2D eigenvalue weighted by Gasteiger charge is -2.01. The molecule has 0 bridgehead atoms. The quantitative estimate of drug-likeness (QED) is 0.745. The summed E-state index contributed by atoms with van der Waals surface area (Å²) in [6, 6.07) is 6.76. The molecular formula is C8H11ClO2. The summed E-state index contributed by atoms with van der Waals surface area (Å²) in [5, 5.41) is 8.96. The molecule has 0 saturated heterocycles. The lowest BCUT2D eigenvalue weighted by Crippen LogP contribution is -1.89. The van der Waals surface area contributed by atoms with Gasteiger partial charge in [-0.1, -0.05) is 6.07 Å². The highest BCUT2D eigenvalue weighted by atomic mass is 35.5. The van der Waals surface area contributed by atoms with Crippen molar-refractivity contribution in [1.29, 1.82) is 0 Å². The van der Waals surface area contributed by atoms with Gasteiger partial charge in [-0.15, -0.1) is 12.4 Å². The highest BCUT2D eigenvalue weighted by Crippen LogP contribution is 2.16. The van der Waals surface area contributed by atoms with Gasteiger partial charge in [0.2, 0.25) is 0 Å². The fourth-order valence-electron chi connectivity index (χ4n) is 0.740. The molecule has 0 amide bonds. The van der Waals surface area contributed by atoms with Crippen LogP contribution in [0.3, 0.4) is 0 Å². The van der Waals surface area contributed by atoms with E-state index in [0.29, 0.717) is 12.4 Å². The average molecular weight is 175 g/mol. The minimum Gasteiger partial charge on any atom is -0.508 e. The molecule has 0 atom stereocenters. The Labute approximate surface area is 72.2 Å². The summed E-state index contributed by atoms with van der Waals surface area (Å²) in [7, 11) is 0. The van der Waals surface area contributed by atoms with Crippen LogP contribution in [0.15, 0.2) is 24.3 Å². The summed E-state index contributed by atoms with van der Waals surface area (Å²) in [5.74, 6) is 0.952. The molecule has 0 aromatic heterocycles. The summed E-state index contributed by atoms with van der Waals surface area (Å²) >= 11 is 0. The van der Waals surface area contributed by atoms with Crippen molar-refractivity contribution >= 4 is 12.4 Å². The lowest BCUT2D eigenvalue weighted by atomic mass is 10.3. The first kappa shape index (κ1) is 10.1. The van der Waals surface area contributed by atoms with Gasteiger partial charge in [0.1, 0.15) is 11.5 Å². The second-order valence-electron chi connectivity index (χ2n) is 1.93.